The van der Waals surface area contributed by atoms with Crippen molar-refractivity contribution >= 4 is 6.09 Å². The van der Waals surface area contributed by atoms with Crippen molar-refractivity contribution in [3.8, 4) is 0 Å². The Labute approximate surface area is 144 Å². The number of hydrogen-bond acceptors (Lipinski definition) is 4. The van der Waals surface area contributed by atoms with E-state index in [0.717, 1.165) is 24.8 Å². The zero-order valence-electron chi connectivity index (χ0n) is 14.2. The molecule has 2 aliphatic rings. The topological polar surface area (TPSA) is 61.8 Å². The molecular formula is C19H28N2O3. The minimum atomic E-state index is -0.338. The highest BCUT2D eigenvalue weighted by Crippen LogP contribution is 2.33. The van der Waals surface area contributed by atoms with Crippen molar-refractivity contribution in [3.05, 3.63) is 35.9 Å². The summed E-state index contributed by atoms with van der Waals surface area (Å²) in [5.41, 5.74) is 0.993. The maximum absolute atomic E-state index is 12.2. The number of aliphatic hydroxyl groups is 1. The lowest BCUT2D eigenvalue weighted by Crippen LogP contribution is -2.54. The van der Waals surface area contributed by atoms with E-state index in [9.17, 15) is 9.90 Å². The zero-order valence-corrected chi connectivity index (χ0v) is 14.2. The van der Waals surface area contributed by atoms with Gasteiger partial charge in [0, 0.05) is 24.7 Å². The summed E-state index contributed by atoms with van der Waals surface area (Å²) in [4.78, 5) is 14.6. The SMILES string of the molecule is O=C(N[C@@H]1CCCC[C@@H]1N(CCO)C1CC1)OCc1ccccc1. The molecule has 1 aromatic rings. The minimum Gasteiger partial charge on any atom is -0.445 e. The molecule has 0 radical (unpaired) electrons. The molecule has 0 saturated heterocycles. The maximum atomic E-state index is 12.2. The Bertz CT molecular complexity index is 519. The van der Waals surface area contributed by atoms with E-state index in [1.807, 2.05) is 30.3 Å². The number of nitrogens with zero attached hydrogens (tertiary/aromatic N) is 1. The van der Waals surface area contributed by atoms with Crippen LogP contribution in [0.25, 0.3) is 0 Å². The van der Waals surface area contributed by atoms with Crippen molar-refractivity contribution in [2.24, 2.45) is 0 Å². The largest absolute Gasteiger partial charge is 0.445 e. The maximum Gasteiger partial charge on any atom is 0.407 e. The highest BCUT2D eigenvalue weighted by atomic mass is 16.5. The van der Waals surface area contributed by atoms with Crippen LogP contribution in [0.5, 0.6) is 0 Å². The smallest absolute Gasteiger partial charge is 0.407 e. The summed E-state index contributed by atoms with van der Waals surface area (Å²) in [7, 11) is 0. The second-order valence-corrected chi connectivity index (χ2v) is 6.86. The lowest BCUT2D eigenvalue weighted by Gasteiger charge is -2.40. The molecule has 1 aromatic carbocycles. The number of rotatable bonds is 7. The molecular weight excluding hydrogens is 304 g/mol. The highest BCUT2D eigenvalue weighted by Gasteiger charge is 2.38. The van der Waals surface area contributed by atoms with Crippen LogP contribution < -0.4 is 5.32 Å². The van der Waals surface area contributed by atoms with E-state index in [1.54, 1.807) is 0 Å². The normalized spacial score (nSPS) is 23.9. The first kappa shape index (κ1) is 17.2. The molecule has 1 amide bonds. The average molecular weight is 332 g/mol. The van der Waals surface area contributed by atoms with Crippen LogP contribution in [-0.2, 0) is 11.3 Å². The van der Waals surface area contributed by atoms with Gasteiger partial charge in [0.05, 0.1) is 6.61 Å². The van der Waals surface area contributed by atoms with Gasteiger partial charge in [-0.3, -0.25) is 4.90 Å². The molecule has 2 aliphatic carbocycles. The number of carbonyl (C=O) groups excluding carboxylic acids is 1. The first-order chi connectivity index (χ1) is 11.8. The van der Waals surface area contributed by atoms with Gasteiger partial charge in [0.1, 0.15) is 6.61 Å². The van der Waals surface area contributed by atoms with E-state index in [0.29, 0.717) is 25.2 Å². The molecule has 2 N–H and O–H groups in total. The van der Waals surface area contributed by atoms with Gasteiger partial charge in [-0.2, -0.15) is 0 Å². The van der Waals surface area contributed by atoms with E-state index in [2.05, 4.69) is 10.2 Å². The van der Waals surface area contributed by atoms with Gasteiger partial charge in [-0.05, 0) is 31.2 Å². The van der Waals surface area contributed by atoms with E-state index in [-0.39, 0.29) is 18.7 Å². The van der Waals surface area contributed by atoms with Crippen molar-refractivity contribution in [1.82, 2.24) is 10.2 Å². The highest BCUT2D eigenvalue weighted by molar-refractivity contribution is 5.67. The van der Waals surface area contributed by atoms with Gasteiger partial charge in [0.25, 0.3) is 0 Å². The number of hydrogen-bond donors (Lipinski definition) is 2. The fraction of sp³-hybridized carbons (Fsp3) is 0.632. The van der Waals surface area contributed by atoms with Crippen LogP contribution in [-0.4, -0.2) is 47.4 Å². The van der Waals surface area contributed by atoms with Crippen molar-refractivity contribution in [3.63, 3.8) is 0 Å². The molecule has 0 heterocycles. The van der Waals surface area contributed by atoms with Gasteiger partial charge in [-0.25, -0.2) is 4.79 Å². The number of nitrogens with one attached hydrogen (secondary N) is 1. The molecule has 0 bridgehead atoms. The number of carbonyl (C=O) groups is 1. The standard InChI is InChI=1S/C19H28N2O3/c22-13-12-21(16-10-11-16)18-9-5-4-8-17(18)20-19(23)24-14-15-6-2-1-3-7-15/h1-3,6-7,16-18,22H,4-5,8-14H2,(H,20,23)/t17-,18+/m1/s1. The van der Waals surface area contributed by atoms with E-state index >= 15 is 0 Å². The van der Waals surface area contributed by atoms with Gasteiger partial charge in [0.2, 0.25) is 0 Å². The van der Waals surface area contributed by atoms with Crippen LogP contribution in [0.1, 0.15) is 44.1 Å². The minimum absolute atomic E-state index is 0.120. The van der Waals surface area contributed by atoms with Crippen LogP contribution in [0.2, 0.25) is 0 Å². The Morgan fingerprint density at radius 1 is 1.17 bits per heavy atom. The van der Waals surface area contributed by atoms with E-state index in [1.165, 1.54) is 19.3 Å². The second kappa shape index (κ2) is 8.49. The van der Waals surface area contributed by atoms with Gasteiger partial charge < -0.3 is 15.2 Å². The van der Waals surface area contributed by atoms with Gasteiger partial charge in [-0.1, -0.05) is 43.2 Å². The van der Waals surface area contributed by atoms with Crippen molar-refractivity contribution in [1.29, 1.82) is 0 Å². The Hall–Kier alpha value is -1.59. The second-order valence-electron chi connectivity index (χ2n) is 6.86. The Balaban J connectivity index is 1.53. The third kappa shape index (κ3) is 4.71. The first-order valence-electron chi connectivity index (χ1n) is 9.12. The van der Waals surface area contributed by atoms with E-state index in [4.69, 9.17) is 4.74 Å². The Morgan fingerprint density at radius 2 is 1.92 bits per heavy atom. The van der Waals surface area contributed by atoms with Gasteiger partial charge in [0.15, 0.2) is 0 Å². The fourth-order valence-electron chi connectivity index (χ4n) is 3.73. The number of alkyl carbamates (subject to hydrolysis) is 1. The van der Waals surface area contributed by atoms with E-state index < -0.39 is 0 Å². The fourth-order valence-corrected chi connectivity index (χ4v) is 3.73. The molecule has 132 valence electrons. The van der Waals surface area contributed by atoms with Crippen LogP contribution in [0.4, 0.5) is 4.79 Å². The summed E-state index contributed by atoms with van der Waals surface area (Å²) >= 11 is 0. The lowest BCUT2D eigenvalue weighted by molar-refractivity contribution is 0.0817. The monoisotopic (exact) mass is 332 g/mol. The molecule has 0 aromatic heterocycles. The van der Waals surface area contributed by atoms with Crippen molar-refractivity contribution in [2.45, 2.75) is 63.3 Å². The predicted molar refractivity (Wildman–Crippen MR) is 92.6 cm³/mol. The molecule has 24 heavy (non-hydrogen) atoms. The predicted octanol–water partition coefficient (Wildman–Crippen LogP) is 2.68. The molecule has 2 atom stereocenters. The lowest BCUT2D eigenvalue weighted by atomic mass is 9.89. The summed E-state index contributed by atoms with van der Waals surface area (Å²) in [6.45, 7) is 1.18. The number of ether oxygens (including phenoxy) is 1. The Morgan fingerprint density at radius 3 is 2.62 bits per heavy atom. The third-order valence-corrected chi connectivity index (χ3v) is 5.05. The molecule has 2 saturated carbocycles. The average Bonchev–Trinajstić information content (AvgIpc) is 3.44. The number of amides is 1. The molecule has 5 heteroatoms. The summed E-state index contributed by atoms with van der Waals surface area (Å²) in [5, 5.41) is 12.4. The van der Waals surface area contributed by atoms with Crippen LogP contribution >= 0.6 is 0 Å². The van der Waals surface area contributed by atoms with Crippen LogP contribution in [0.15, 0.2) is 30.3 Å². The Kier molecular flexibility index (Phi) is 6.10. The summed E-state index contributed by atoms with van der Waals surface area (Å²) < 4.78 is 5.38. The van der Waals surface area contributed by atoms with Crippen molar-refractivity contribution in [2.75, 3.05) is 13.2 Å². The molecule has 0 aliphatic heterocycles. The van der Waals surface area contributed by atoms with Crippen LogP contribution in [0.3, 0.4) is 0 Å². The third-order valence-electron chi connectivity index (χ3n) is 5.05. The summed E-state index contributed by atoms with van der Waals surface area (Å²) in [6, 6.07) is 10.8. The first-order valence-corrected chi connectivity index (χ1v) is 9.12. The zero-order chi connectivity index (χ0) is 16.8. The van der Waals surface area contributed by atoms with Crippen LogP contribution in [0, 0.1) is 0 Å². The molecule has 3 rings (SSSR count). The summed E-state index contributed by atoms with van der Waals surface area (Å²) in [6.07, 6.45) is 6.48. The molecule has 2 fully saturated rings. The molecule has 0 spiro atoms. The number of aliphatic hydroxyl groups excluding tert-OH is 1. The van der Waals surface area contributed by atoms with Gasteiger partial charge in [-0.15, -0.1) is 0 Å². The molecule has 5 nitrogen and oxygen atoms in total. The summed E-state index contributed by atoms with van der Waals surface area (Å²) in [5.74, 6) is 0. The van der Waals surface area contributed by atoms with Crippen molar-refractivity contribution < 1.29 is 14.6 Å². The molecule has 0 unspecified atom stereocenters. The van der Waals surface area contributed by atoms with Gasteiger partial charge >= 0.3 is 6.09 Å². The number of benzene rings is 1. The quantitative estimate of drug-likeness (QED) is 0.806.